The molecule has 0 aliphatic heterocycles. The Morgan fingerprint density at radius 3 is 2.00 bits per heavy atom. The van der Waals surface area contributed by atoms with Crippen LogP contribution in [-0.4, -0.2) is 11.5 Å². The largest absolute Gasteiger partial charge is 0.399 e. The molecular weight excluding hydrogens is 412 g/mol. The minimum atomic E-state index is -0.157. The highest BCUT2D eigenvalue weighted by atomic mass is 16.1. The van der Waals surface area contributed by atoms with Crippen molar-refractivity contribution in [3.8, 4) is 0 Å². The number of allylic oxidation sites excluding steroid dienone is 2. The number of nitrogen functional groups attached to an aromatic ring is 3. The summed E-state index contributed by atoms with van der Waals surface area (Å²) in [5, 5.41) is 6.55. The Balaban J connectivity index is 1.75. The number of ketones is 1. The Morgan fingerprint density at radius 1 is 0.758 bits per heavy atom. The smallest absolute Gasteiger partial charge is 0.204 e. The number of aliphatic imine (C=N–C) groups is 1. The van der Waals surface area contributed by atoms with Gasteiger partial charge in [-0.25, -0.2) is 4.99 Å². The van der Waals surface area contributed by atoms with Gasteiger partial charge in [0.2, 0.25) is 5.78 Å². The summed E-state index contributed by atoms with van der Waals surface area (Å²) in [6, 6.07) is 20.1. The van der Waals surface area contributed by atoms with E-state index in [0.717, 1.165) is 22.6 Å². The average molecular weight is 439 g/mol. The van der Waals surface area contributed by atoms with Gasteiger partial charge in [0, 0.05) is 40.1 Å². The van der Waals surface area contributed by atoms with E-state index in [1.54, 1.807) is 30.3 Å². The van der Waals surface area contributed by atoms with Gasteiger partial charge in [-0.1, -0.05) is 0 Å². The molecule has 3 aromatic rings. The number of carbonyl (C=O) groups is 1. The van der Waals surface area contributed by atoms with Crippen molar-refractivity contribution in [2.24, 2.45) is 4.99 Å². The fourth-order valence-electron chi connectivity index (χ4n) is 3.47. The zero-order valence-corrected chi connectivity index (χ0v) is 18.5. The fraction of sp³-hybridized carbons (Fsp3) is 0.0769. The van der Waals surface area contributed by atoms with Crippen molar-refractivity contribution in [1.29, 1.82) is 0 Å². The third-order valence-electron chi connectivity index (χ3n) is 5.37. The van der Waals surface area contributed by atoms with Crippen molar-refractivity contribution in [2.45, 2.75) is 13.8 Å². The zero-order chi connectivity index (χ0) is 23.5. The number of aryl methyl sites for hydroxylation is 1. The summed E-state index contributed by atoms with van der Waals surface area (Å²) >= 11 is 0. The molecule has 0 unspecified atom stereocenters. The summed E-state index contributed by atoms with van der Waals surface area (Å²) in [4.78, 5) is 17.9. The van der Waals surface area contributed by atoms with Crippen molar-refractivity contribution in [2.75, 3.05) is 27.8 Å². The summed E-state index contributed by atoms with van der Waals surface area (Å²) in [6.07, 6.45) is 1.55. The molecule has 0 saturated heterocycles. The molecule has 0 bridgehead atoms. The van der Waals surface area contributed by atoms with E-state index in [4.69, 9.17) is 22.2 Å². The highest BCUT2D eigenvalue weighted by Crippen LogP contribution is 2.28. The second-order valence-corrected chi connectivity index (χ2v) is 7.92. The summed E-state index contributed by atoms with van der Waals surface area (Å²) < 4.78 is 0. The Hall–Kier alpha value is -4.52. The predicted octanol–water partition coefficient (Wildman–Crippen LogP) is 4.78. The predicted molar refractivity (Wildman–Crippen MR) is 137 cm³/mol. The Labute approximate surface area is 192 Å². The highest BCUT2D eigenvalue weighted by molar-refractivity contribution is 6.27. The number of anilines is 5. The fourth-order valence-corrected chi connectivity index (χ4v) is 3.47. The average Bonchev–Trinajstić information content (AvgIpc) is 2.79. The van der Waals surface area contributed by atoms with Gasteiger partial charge in [0.1, 0.15) is 0 Å². The van der Waals surface area contributed by atoms with Gasteiger partial charge in [0.05, 0.1) is 22.8 Å². The summed E-state index contributed by atoms with van der Waals surface area (Å²) in [6.45, 7) is 3.81. The lowest BCUT2D eigenvalue weighted by atomic mass is 9.96. The van der Waals surface area contributed by atoms with Crippen LogP contribution in [0.4, 0.5) is 34.1 Å². The monoisotopic (exact) mass is 438 g/mol. The Kier molecular flexibility index (Phi) is 5.87. The molecule has 3 aromatic carbocycles. The quantitative estimate of drug-likeness (QED) is 0.288. The first-order valence-corrected chi connectivity index (χ1v) is 10.5. The van der Waals surface area contributed by atoms with Crippen LogP contribution >= 0.6 is 0 Å². The first-order chi connectivity index (χ1) is 15.8. The summed E-state index contributed by atoms with van der Waals surface area (Å²) in [7, 11) is 0. The summed E-state index contributed by atoms with van der Waals surface area (Å²) in [5.41, 5.74) is 25.2. The van der Waals surface area contributed by atoms with Crippen molar-refractivity contribution >= 4 is 45.6 Å². The van der Waals surface area contributed by atoms with Crippen LogP contribution < -0.4 is 27.8 Å². The first kappa shape index (κ1) is 21.7. The molecule has 0 heterocycles. The van der Waals surface area contributed by atoms with Gasteiger partial charge in [0.15, 0.2) is 0 Å². The minimum absolute atomic E-state index is 0.157. The van der Waals surface area contributed by atoms with Crippen LogP contribution in [0.25, 0.3) is 0 Å². The van der Waals surface area contributed by atoms with Crippen molar-refractivity contribution < 1.29 is 4.79 Å². The van der Waals surface area contributed by atoms with Gasteiger partial charge in [-0.05, 0) is 86.1 Å². The highest BCUT2D eigenvalue weighted by Gasteiger charge is 2.25. The van der Waals surface area contributed by atoms with Gasteiger partial charge in [-0.15, -0.1) is 0 Å². The molecule has 8 N–H and O–H groups in total. The standard InChI is InChI=1S/C26H26N6O/c1-15-13-21(11-12-22(15)29)30-23-14-24(33)26(32-20-9-5-18(28)6-10-20)16(2)25(23)31-19-7-3-17(27)4-8-19/h3-14,30,32H,27-29H2,1-2H3/b31-25-. The molecule has 1 aliphatic rings. The second kappa shape index (κ2) is 8.92. The molecule has 0 aromatic heterocycles. The lowest BCUT2D eigenvalue weighted by Crippen LogP contribution is -2.25. The van der Waals surface area contributed by atoms with E-state index in [0.29, 0.717) is 39.7 Å². The second-order valence-electron chi connectivity index (χ2n) is 7.92. The molecule has 0 amide bonds. The van der Waals surface area contributed by atoms with E-state index in [1.807, 2.05) is 56.3 Å². The van der Waals surface area contributed by atoms with E-state index >= 15 is 0 Å². The van der Waals surface area contributed by atoms with Crippen molar-refractivity contribution in [3.63, 3.8) is 0 Å². The van der Waals surface area contributed by atoms with E-state index in [1.165, 1.54) is 0 Å². The number of nitrogens with zero attached hydrogens (tertiary/aromatic N) is 1. The van der Waals surface area contributed by atoms with E-state index in [2.05, 4.69) is 10.6 Å². The van der Waals surface area contributed by atoms with Crippen LogP contribution in [0.5, 0.6) is 0 Å². The van der Waals surface area contributed by atoms with Crippen molar-refractivity contribution in [3.05, 3.63) is 95.3 Å². The van der Waals surface area contributed by atoms with Crippen LogP contribution in [0.3, 0.4) is 0 Å². The molecule has 1 aliphatic carbocycles. The van der Waals surface area contributed by atoms with Gasteiger partial charge in [0.25, 0.3) is 0 Å². The minimum Gasteiger partial charge on any atom is -0.399 e. The number of hydrogen-bond donors (Lipinski definition) is 5. The molecule has 4 rings (SSSR count). The van der Waals surface area contributed by atoms with E-state index in [-0.39, 0.29) is 5.78 Å². The number of nitrogens with one attached hydrogen (secondary N) is 2. The number of hydrogen-bond acceptors (Lipinski definition) is 7. The topological polar surface area (TPSA) is 132 Å². The normalized spacial score (nSPS) is 14.9. The maximum atomic E-state index is 13.1. The molecule has 0 atom stereocenters. The Morgan fingerprint density at radius 2 is 1.36 bits per heavy atom. The van der Waals surface area contributed by atoms with Gasteiger partial charge >= 0.3 is 0 Å². The Bertz CT molecular complexity index is 1300. The molecule has 0 spiro atoms. The third kappa shape index (κ3) is 4.88. The summed E-state index contributed by atoms with van der Waals surface area (Å²) in [5.74, 6) is -0.157. The van der Waals surface area contributed by atoms with Crippen molar-refractivity contribution in [1.82, 2.24) is 0 Å². The van der Waals surface area contributed by atoms with Gasteiger partial charge < -0.3 is 27.8 Å². The number of benzene rings is 3. The molecule has 0 saturated carbocycles. The van der Waals surface area contributed by atoms with Crippen LogP contribution in [-0.2, 0) is 4.79 Å². The number of rotatable bonds is 5. The molecule has 7 nitrogen and oxygen atoms in total. The number of carbonyl (C=O) groups excluding carboxylic acids is 1. The maximum absolute atomic E-state index is 13.1. The third-order valence-corrected chi connectivity index (χ3v) is 5.37. The lowest BCUT2D eigenvalue weighted by molar-refractivity contribution is -0.111. The van der Waals surface area contributed by atoms with Gasteiger partial charge in [-0.3, -0.25) is 4.79 Å². The van der Waals surface area contributed by atoms with E-state index in [9.17, 15) is 4.79 Å². The van der Waals surface area contributed by atoms with Crippen LogP contribution in [0.2, 0.25) is 0 Å². The lowest BCUT2D eigenvalue weighted by Gasteiger charge is -2.22. The van der Waals surface area contributed by atoms with Gasteiger partial charge in [-0.2, -0.15) is 0 Å². The maximum Gasteiger partial charge on any atom is 0.204 e. The molecule has 7 heteroatoms. The molecule has 166 valence electrons. The molecule has 0 fully saturated rings. The number of nitrogens with two attached hydrogens (primary N) is 3. The SMILES string of the molecule is CC1=C(Nc2ccc(N)cc2)C(=O)C=C(Nc2ccc(N)c(C)c2)/C1=N\c1ccc(N)cc1. The van der Waals surface area contributed by atoms with Crippen LogP contribution in [0.1, 0.15) is 12.5 Å². The molecular formula is C26H26N6O. The van der Waals surface area contributed by atoms with Crippen LogP contribution in [0, 0.1) is 6.92 Å². The molecule has 33 heavy (non-hydrogen) atoms. The zero-order valence-electron chi connectivity index (χ0n) is 18.5. The molecule has 0 radical (unpaired) electrons. The van der Waals surface area contributed by atoms with Crippen LogP contribution in [0.15, 0.2) is 94.8 Å². The first-order valence-electron chi connectivity index (χ1n) is 10.5. The van der Waals surface area contributed by atoms with E-state index < -0.39 is 0 Å².